The Labute approximate surface area is 94.0 Å². The molecule has 1 aromatic rings. The Morgan fingerprint density at radius 2 is 2.27 bits per heavy atom. The minimum Gasteiger partial charge on any atom is -0.361 e. The van der Waals surface area contributed by atoms with Crippen molar-refractivity contribution in [1.29, 1.82) is 0 Å². The van der Waals surface area contributed by atoms with Gasteiger partial charge < -0.3 is 10.2 Å². The summed E-state index contributed by atoms with van der Waals surface area (Å²) in [5.74, 6) is 0.0368. The van der Waals surface area contributed by atoms with Crippen LogP contribution in [0.15, 0.2) is 18.2 Å². The average Bonchev–Trinajstić information content (AvgIpc) is 2.17. The molecule has 15 heavy (non-hydrogen) atoms. The van der Waals surface area contributed by atoms with E-state index < -0.39 is 0 Å². The van der Waals surface area contributed by atoms with Crippen LogP contribution < -0.4 is 10.2 Å². The fourth-order valence-electron chi connectivity index (χ4n) is 1.94. The monoisotopic (exact) mass is 224 g/mol. The van der Waals surface area contributed by atoms with E-state index in [4.69, 9.17) is 11.6 Å². The predicted molar refractivity (Wildman–Crippen MR) is 62.6 cm³/mol. The topological polar surface area (TPSA) is 32.3 Å². The van der Waals surface area contributed by atoms with E-state index in [1.807, 2.05) is 31.0 Å². The highest BCUT2D eigenvalue weighted by Crippen LogP contribution is 2.33. The van der Waals surface area contributed by atoms with Crippen molar-refractivity contribution in [3.05, 3.63) is 23.2 Å². The molecule has 0 aromatic heterocycles. The van der Waals surface area contributed by atoms with Crippen LogP contribution in [0.25, 0.3) is 0 Å². The summed E-state index contributed by atoms with van der Waals surface area (Å²) in [6, 6.07) is 5.46. The fourth-order valence-corrected chi connectivity index (χ4v) is 2.11. The second-order valence-corrected chi connectivity index (χ2v) is 4.12. The highest BCUT2D eigenvalue weighted by molar-refractivity contribution is 6.31. The van der Waals surface area contributed by atoms with Gasteiger partial charge in [-0.3, -0.25) is 4.79 Å². The molecule has 0 fully saturated rings. The van der Waals surface area contributed by atoms with Crippen molar-refractivity contribution >= 4 is 28.9 Å². The molecule has 1 N–H and O–H groups in total. The van der Waals surface area contributed by atoms with Gasteiger partial charge in [0.25, 0.3) is 0 Å². The van der Waals surface area contributed by atoms with E-state index in [1.165, 1.54) is 0 Å². The van der Waals surface area contributed by atoms with Crippen molar-refractivity contribution in [2.75, 3.05) is 17.3 Å². The number of nitrogens with one attached hydrogen (secondary N) is 1. The number of rotatable bonds is 1. The van der Waals surface area contributed by atoms with E-state index in [0.29, 0.717) is 5.02 Å². The lowest BCUT2D eigenvalue weighted by Gasteiger charge is -2.34. The summed E-state index contributed by atoms with van der Waals surface area (Å²) in [5.41, 5.74) is 1.81. The smallest absolute Gasteiger partial charge is 0.247 e. The zero-order valence-electron chi connectivity index (χ0n) is 8.75. The van der Waals surface area contributed by atoms with Crippen LogP contribution in [-0.4, -0.2) is 19.0 Å². The van der Waals surface area contributed by atoms with Crippen molar-refractivity contribution in [1.82, 2.24) is 0 Å². The maximum absolute atomic E-state index is 11.7. The molecule has 0 aliphatic carbocycles. The molecule has 1 atom stereocenters. The Morgan fingerprint density at radius 3 is 2.93 bits per heavy atom. The lowest BCUT2D eigenvalue weighted by atomic mass is 10.1. The number of nitrogens with zero attached hydrogens (tertiary/aromatic N) is 1. The first-order chi connectivity index (χ1) is 7.13. The summed E-state index contributed by atoms with van der Waals surface area (Å²) < 4.78 is 0. The van der Waals surface area contributed by atoms with Gasteiger partial charge in [0.05, 0.1) is 11.4 Å². The molecule has 1 amide bonds. The summed E-state index contributed by atoms with van der Waals surface area (Å²) in [6.45, 7) is 2.00. The van der Waals surface area contributed by atoms with Gasteiger partial charge in [0.15, 0.2) is 0 Å². The van der Waals surface area contributed by atoms with Gasteiger partial charge in [-0.2, -0.15) is 0 Å². The largest absolute Gasteiger partial charge is 0.361 e. The first kappa shape index (κ1) is 10.3. The Hall–Kier alpha value is -1.22. The van der Waals surface area contributed by atoms with Crippen molar-refractivity contribution in [2.45, 2.75) is 19.4 Å². The van der Waals surface area contributed by atoms with Crippen LogP contribution in [0.4, 0.5) is 11.4 Å². The first-order valence-corrected chi connectivity index (χ1v) is 5.34. The van der Waals surface area contributed by atoms with Gasteiger partial charge in [0.1, 0.15) is 6.04 Å². The normalized spacial score (nSPS) is 19.8. The molecule has 0 spiro atoms. The second kappa shape index (κ2) is 3.74. The summed E-state index contributed by atoms with van der Waals surface area (Å²) in [6.07, 6.45) is 0.796. The van der Waals surface area contributed by atoms with E-state index in [1.54, 1.807) is 6.07 Å². The summed E-state index contributed by atoms with van der Waals surface area (Å²) in [4.78, 5) is 13.7. The molecule has 2 rings (SSSR count). The van der Waals surface area contributed by atoms with Crippen LogP contribution in [0.3, 0.4) is 0 Å². The third-order valence-electron chi connectivity index (χ3n) is 2.75. The molecule has 1 unspecified atom stereocenters. The van der Waals surface area contributed by atoms with E-state index >= 15 is 0 Å². The molecule has 80 valence electrons. The SMILES string of the molecule is CCC1C(=O)Nc2cc(Cl)ccc2N1C. The number of carbonyl (C=O) groups is 1. The minimum atomic E-state index is -0.0846. The van der Waals surface area contributed by atoms with Gasteiger partial charge in [0, 0.05) is 12.1 Å². The van der Waals surface area contributed by atoms with Gasteiger partial charge in [-0.15, -0.1) is 0 Å². The van der Waals surface area contributed by atoms with E-state index in [-0.39, 0.29) is 11.9 Å². The summed E-state index contributed by atoms with van der Waals surface area (Å²) in [5, 5.41) is 3.50. The average molecular weight is 225 g/mol. The zero-order valence-corrected chi connectivity index (χ0v) is 9.51. The molecule has 0 radical (unpaired) electrons. The third-order valence-corrected chi connectivity index (χ3v) is 2.99. The first-order valence-electron chi connectivity index (χ1n) is 4.96. The maximum Gasteiger partial charge on any atom is 0.247 e. The zero-order chi connectivity index (χ0) is 11.0. The Kier molecular flexibility index (Phi) is 2.57. The van der Waals surface area contributed by atoms with Crippen LogP contribution in [-0.2, 0) is 4.79 Å². The minimum absolute atomic E-state index is 0.0368. The summed E-state index contributed by atoms with van der Waals surface area (Å²) >= 11 is 5.87. The highest BCUT2D eigenvalue weighted by Gasteiger charge is 2.28. The molecule has 3 nitrogen and oxygen atoms in total. The molecule has 1 heterocycles. The van der Waals surface area contributed by atoms with E-state index in [9.17, 15) is 4.79 Å². The molecule has 4 heteroatoms. The van der Waals surface area contributed by atoms with Crippen LogP contribution >= 0.6 is 11.6 Å². The Balaban J connectivity index is 2.45. The number of anilines is 2. The lowest BCUT2D eigenvalue weighted by Crippen LogP contribution is -2.45. The predicted octanol–water partition coefficient (Wildman–Crippen LogP) is 2.51. The van der Waals surface area contributed by atoms with Crippen molar-refractivity contribution < 1.29 is 4.79 Å². The molecular weight excluding hydrogens is 212 g/mol. The highest BCUT2D eigenvalue weighted by atomic mass is 35.5. The van der Waals surface area contributed by atoms with Gasteiger partial charge in [-0.05, 0) is 24.6 Å². The third kappa shape index (κ3) is 1.67. The van der Waals surface area contributed by atoms with E-state index in [2.05, 4.69) is 5.32 Å². The van der Waals surface area contributed by atoms with Gasteiger partial charge >= 0.3 is 0 Å². The Bertz CT molecular complexity index is 406. The molecule has 1 aliphatic rings. The number of benzene rings is 1. The van der Waals surface area contributed by atoms with Crippen LogP contribution in [0.2, 0.25) is 5.02 Å². The van der Waals surface area contributed by atoms with Crippen molar-refractivity contribution in [3.8, 4) is 0 Å². The number of carbonyl (C=O) groups excluding carboxylic acids is 1. The van der Waals surface area contributed by atoms with Crippen LogP contribution in [0, 0.1) is 0 Å². The number of amides is 1. The Morgan fingerprint density at radius 1 is 1.53 bits per heavy atom. The van der Waals surface area contributed by atoms with Crippen LogP contribution in [0.1, 0.15) is 13.3 Å². The number of likely N-dealkylation sites (N-methyl/N-ethyl adjacent to an activating group) is 1. The van der Waals surface area contributed by atoms with Crippen molar-refractivity contribution in [3.63, 3.8) is 0 Å². The van der Waals surface area contributed by atoms with E-state index in [0.717, 1.165) is 17.8 Å². The van der Waals surface area contributed by atoms with Gasteiger partial charge in [0.2, 0.25) is 5.91 Å². The molecule has 1 aliphatic heterocycles. The number of hydrogen-bond acceptors (Lipinski definition) is 2. The molecule has 0 bridgehead atoms. The number of hydrogen-bond donors (Lipinski definition) is 1. The molecular formula is C11H13ClN2O. The number of fused-ring (bicyclic) bond motifs is 1. The van der Waals surface area contributed by atoms with Crippen molar-refractivity contribution in [2.24, 2.45) is 0 Å². The standard InChI is InChI=1S/C11H13ClN2O/c1-3-9-11(15)13-8-6-7(12)4-5-10(8)14(9)2/h4-6,9H,3H2,1-2H3,(H,13,15). The lowest BCUT2D eigenvalue weighted by molar-refractivity contribution is -0.117. The number of halogens is 1. The maximum atomic E-state index is 11.7. The second-order valence-electron chi connectivity index (χ2n) is 3.69. The fraction of sp³-hybridized carbons (Fsp3) is 0.364. The summed E-state index contributed by atoms with van der Waals surface area (Å²) in [7, 11) is 1.93. The molecule has 0 saturated carbocycles. The molecule has 0 saturated heterocycles. The quantitative estimate of drug-likeness (QED) is 0.795. The van der Waals surface area contributed by atoms with Gasteiger partial charge in [-0.1, -0.05) is 18.5 Å². The van der Waals surface area contributed by atoms with Gasteiger partial charge in [-0.25, -0.2) is 0 Å². The molecule has 1 aromatic carbocycles. The van der Waals surface area contributed by atoms with Crippen LogP contribution in [0.5, 0.6) is 0 Å².